The zero-order chi connectivity index (χ0) is 18.1. The highest BCUT2D eigenvalue weighted by Crippen LogP contribution is 2.34. The molecule has 1 fully saturated rings. The second-order valence-corrected chi connectivity index (χ2v) is 6.81. The Labute approximate surface area is 138 Å². The molecular weight excluding hydrogens is 325 g/mol. The Morgan fingerprint density at radius 1 is 1.29 bits per heavy atom. The van der Waals surface area contributed by atoms with Gasteiger partial charge in [-0.2, -0.15) is 13.2 Å². The van der Waals surface area contributed by atoms with E-state index in [1.807, 2.05) is 0 Å². The average Bonchev–Trinajstić information content (AvgIpc) is 2.35. The molecule has 8 heteroatoms. The van der Waals surface area contributed by atoms with Crippen LogP contribution in [0.5, 0.6) is 5.75 Å². The van der Waals surface area contributed by atoms with Gasteiger partial charge in [-0.25, -0.2) is 4.79 Å². The van der Waals surface area contributed by atoms with Crippen LogP contribution in [0.3, 0.4) is 0 Å². The van der Waals surface area contributed by atoms with Gasteiger partial charge in [-0.3, -0.25) is 0 Å². The van der Waals surface area contributed by atoms with Crippen LogP contribution in [0.2, 0.25) is 0 Å². The monoisotopic (exact) mass is 346 g/mol. The van der Waals surface area contributed by atoms with Crippen molar-refractivity contribution in [3.05, 3.63) is 23.8 Å². The fraction of sp³-hybridized carbons (Fsp3) is 0.562. The number of ether oxygens (including phenoxy) is 2. The number of nitrogen functional groups attached to an aromatic ring is 1. The first-order valence-electron chi connectivity index (χ1n) is 7.53. The number of carbonyl (C=O) groups is 1. The first kappa shape index (κ1) is 18.2. The topological polar surface area (TPSA) is 64.8 Å². The Morgan fingerprint density at radius 2 is 1.92 bits per heavy atom. The van der Waals surface area contributed by atoms with Crippen LogP contribution in [-0.4, -0.2) is 36.3 Å². The Bertz CT molecular complexity index is 606. The average molecular weight is 346 g/mol. The maximum atomic E-state index is 12.6. The standard InChI is InChI=1S/C16H21F3N2O3/c1-15(2,3)24-14(22)21-7-10(8-21)9-23-13-5-4-11(6-12(13)20)16(17,18)19/h4-6,10H,7-9,20H2,1-3H3. The van der Waals surface area contributed by atoms with Crippen molar-refractivity contribution in [1.82, 2.24) is 4.90 Å². The molecule has 2 N–H and O–H groups in total. The quantitative estimate of drug-likeness (QED) is 0.851. The summed E-state index contributed by atoms with van der Waals surface area (Å²) in [5.41, 5.74) is 4.18. The third-order valence-corrected chi connectivity index (χ3v) is 3.42. The number of rotatable bonds is 3. The first-order chi connectivity index (χ1) is 11.0. The summed E-state index contributed by atoms with van der Waals surface area (Å²) >= 11 is 0. The number of nitrogens with two attached hydrogens (primary N) is 1. The van der Waals surface area contributed by atoms with Crippen LogP contribution >= 0.6 is 0 Å². The lowest BCUT2D eigenvalue weighted by Gasteiger charge is -2.39. The van der Waals surface area contributed by atoms with Crippen molar-refractivity contribution in [3.8, 4) is 5.75 Å². The lowest BCUT2D eigenvalue weighted by atomic mass is 10.0. The summed E-state index contributed by atoms with van der Waals surface area (Å²) < 4.78 is 48.4. The number of likely N-dealkylation sites (tertiary alicyclic amines) is 1. The van der Waals surface area contributed by atoms with Gasteiger partial charge in [0.2, 0.25) is 0 Å². The predicted octanol–water partition coefficient (Wildman–Crippen LogP) is 3.53. The summed E-state index contributed by atoms with van der Waals surface area (Å²) in [5.74, 6) is 0.304. The number of halogens is 3. The molecule has 0 bridgehead atoms. The Balaban J connectivity index is 1.81. The molecule has 1 aromatic rings. The van der Waals surface area contributed by atoms with Crippen LogP contribution in [-0.2, 0) is 10.9 Å². The normalized spacial score (nSPS) is 15.8. The molecule has 1 aromatic carbocycles. The molecule has 0 radical (unpaired) electrons. The second-order valence-electron chi connectivity index (χ2n) is 6.81. The Hall–Kier alpha value is -2.12. The third-order valence-electron chi connectivity index (χ3n) is 3.42. The zero-order valence-electron chi connectivity index (χ0n) is 13.8. The number of hydrogen-bond acceptors (Lipinski definition) is 4. The lowest BCUT2D eigenvalue weighted by molar-refractivity contribution is -0.137. The molecule has 134 valence electrons. The number of alkyl halides is 3. The molecule has 0 saturated carbocycles. The maximum Gasteiger partial charge on any atom is 0.416 e. The summed E-state index contributed by atoms with van der Waals surface area (Å²) in [6.45, 7) is 6.61. The molecule has 0 atom stereocenters. The van der Waals surface area contributed by atoms with Crippen molar-refractivity contribution in [2.75, 3.05) is 25.4 Å². The minimum absolute atomic E-state index is 0.0619. The molecule has 1 amide bonds. The molecule has 0 spiro atoms. The van der Waals surface area contributed by atoms with Crippen molar-refractivity contribution < 1.29 is 27.4 Å². The van der Waals surface area contributed by atoms with Gasteiger partial charge in [0, 0.05) is 19.0 Å². The molecule has 0 unspecified atom stereocenters. The van der Waals surface area contributed by atoms with Crippen LogP contribution in [0.25, 0.3) is 0 Å². The summed E-state index contributed by atoms with van der Waals surface area (Å²) in [6.07, 6.45) is -4.82. The van der Waals surface area contributed by atoms with E-state index in [0.29, 0.717) is 13.1 Å². The van der Waals surface area contributed by atoms with Crippen LogP contribution in [0.4, 0.5) is 23.7 Å². The van der Waals surface area contributed by atoms with Crippen molar-refractivity contribution in [3.63, 3.8) is 0 Å². The smallest absolute Gasteiger partial charge is 0.416 e. The van der Waals surface area contributed by atoms with Gasteiger partial charge in [0.1, 0.15) is 11.4 Å². The molecule has 1 aliphatic rings. The summed E-state index contributed by atoms with van der Waals surface area (Å²) in [7, 11) is 0. The van der Waals surface area contributed by atoms with Crippen LogP contribution in [0.1, 0.15) is 26.3 Å². The van der Waals surface area contributed by atoms with Gasteiger partial charge in [-0.05, 0) is 39.0 Å². The minimum Gasteiger partial charge on any atom is -0.491 e. The summed E-state index contributed by atoms with van der Waals surface area (Å²) in [6, 6.07) is 2.99. The van der Waals surface area contributed by atoms with E-state index in [0.717, 1.165) is 12.1 Å². The number of nitrogens with zero attached hydrogens (tertiary/aromatic N) is 1. The van der Waals surface area contributed by atoms with Crippen molar-refractivity contribution in [2.24, 2.45) is 5.92 Å². The van der Waals surface area contributed by atoms with Crippen molar-refractivity contribution in [2.45, 2.75) is 32.5 Å². The number of anilines is 1. The van der Waals surface area contributed by atoms with Gasteiger partial charge in [-0.15, -0.1) is 0 Å². The molecule has 1 saturated heterocycles. The minimum atomic E-state index is -4.44. The van der Waals surface area contributed by atoms with E-state index >= 15 is 0 Å². The third kappa shape index (κ3) is 4.69. The van der Waals surface area contributed by atoms with Crippen LogP contribution in [0.15, 0.2) is 18.2 Å². The fourth-order valence-corrected chi connectivity index (χ4v) is 2.21. The van der Waals surface area contributed by atoms with Crippen molar-refractivity contribution in [1.29, 1.82) is 0 Å². The molecule has 24 heavy (non-hydrogen) atoms. The van der Waals surface area contributed by atoms with E-state index < -0.39 is 17.3 Å². The molecule has 1 aliphatic heterocycles. The van der Waals surface area contributed by atoms with E-state index in [-0.39, 0.29) is 30.1 Å². The lowest BCUT2D eigenvalue weighted by Crippen LogP contribution is -2.53. The molecule has 2 rings (SSSR count). The van der Waals surface area contributed by atoms with Gasteiger partial charge in [0.25, 0.3) is 0 Å². The van der Waals surface area contributed by atoms with Gasteiger partial charge >= 0.3 is 12.3 Å². The van der Waals surface area contributed by atoms with E-state index in [2.05, 4.69) is 0 Å². The highest BCUT2D eigenvalue weighted by Gasteiger charge is 2.34. The maximum absolute atomic E-state index is 12.6. The summed E-state index contributed by atoms with van der Waals surface area (Å²) in [4.78, 5) is 13.3. The van der Waals surface area contributed by atoms with E-state index in [1.165, 1.54) is 6.07 Å². The second kappa shape index (κ2) is 6.41. The van der Waals surface area contributed by atoms with Crippen LogP contribution < -0.4 is 10.5 Å². The number of benzene rings is 1. The predicted molar refractivity (Wildman–Crippen MR) is 82.6 cm³/mol. The zero-order valence-corrected chi connectivity index (χ0v) is 13.8. The van der Waals surface area contributed by atoms with E-state index in [4.69, 9.17) is 15.2 Å². The number of carbonyl (C=O) groups excluding carboxylic acids is 1. The molecule has 0 aromatic heterocycles. The fourth-order valence-electron chi connectivity index (χ4n) is 2.21. The molecule has 1 heterocycles. The molecule has 0 aliphatic carbocycles. The SMILES string of the molecule is CC(C)(C)OC(=O)N1CC(COc2ccc(C(F)(F)F)cc2N)C1. The first-order valence-corrected chi connectivity index (χ1v) is 7.53. The van der Waals surface area contributed by atoms with E-state index in [1.54, 1.807) is 25.7 Å². The van der Waals surface area contributed by atoms with Gasteiger partial charge < -0.3 is 20.1 Å². The van der Waals surface area contributed by atoms with Gasteiger partial charge in [0.05, 0.1) is 17.9 Å². The van der Waals surface area contributed by atoms with Gasteiger partial charge in [0.15, 0.2) is 0 Å². The number of hydrogen-bond donors (Lipinski definition) is 1. The van der Waals surface area contributed by atoms with Crippen LogP contribution in [0, 0.1) is 5.92 Å². The molecule has 5 nitrogen and oxygen atoms in total. The largest absolute Gasteiger partial charge is 0.491 e. The van der Waals surface area contributed by atoms with Gasteiger partial charge in [-0.1, -0.05) is 0 Å². The Morgan fingerprint density at radius 3 is 2.42 bits per heavy atom. The summed E-state index contributed by atoms with van der Waals surface area (Å²) in [5, 5.41) is 0. The highest BCUT2D eigenvalue weighted by atomic mass is 19.4. The highest BCUT2D eigenvalue weighted by molar-refractivity contribution is 5.69. The molecular formula is C16H21F3N2O3. The number of amides is 1. The van der Waals surface area contributed by atoms with Crippen molar-refractivity contribution >= 4 is 11.8 Å². The Kier molecular flexibility index (Phi) is 4.87. The van der Waals surface area contributed by atoms with E-state index in [9.17, 15) is 18.0 Å².